The van der Waals surface area contributed by atoms with Gasteiger partial charge < -0.3 is 16.2 Å². The minimum absolute atomic E-state index is 0.0193. The van der Waals surface area contributed by atoms with Crippen LogP contribution in [0.5, 0.6) is 5.88 Å². The highest BCUT2D eigenvalue weighted by molar-refractivity contribution is 5.78. The molecule has 0 atom stereocenters. The number of imidazole rings is 2. The number of aromatic amines is 1. The summed E-state index contributed by atoms with van der Waals surface area (Å²) in [6.45, 7) is 0. The van der Waals surface area contributed by atoms with Crippen molar-refractivity contribution in [2.75, 3.05) is 18.6 Å². The van der Waals surface area contributed by atoms with Gasteiger partial charge in [-0.15, -0.1) is 0 Å². The lowest BCUT2D eigenvalue weighted by Gasteiger charge is -2.06. The summed E-state index contributed by atoms with van der Waals surface area (Å²) < 4.78 is 8.13. The monoisotopic (exact) mass is 314 g/mol. The highest BCUT2D eigenvalue weighted by Crippen LogP contribution is 2.22. The normalized spacial score (nSPS) is 11.3. The Kier molecular flexibility index (Phi) is 2.48. The smallest absolute Gasteiger partial charge is 0.280 e. The molecule has 4 heterocycles. The van der Waals surface area contributed by atoms with Gasteiger partial charge in [0.25, 0.3) is 5.56 Å². The predicted molar refractivity (Wildman–Crippen MR) is 79.6 cm³/mol. The third kappa shape index (κ3) is 1.78. The summed E-state index contributed by atoms with van der Waals surface area (Å²) in [7, 11) is 1.45. The second-order valence-electron chi connectivity index (χ2n) is 4.56. The molecule has 23 heavy (non-hydrogen) atoms. The second-order valence-corrected chi connectivity index (χ2v) is 4.56. The molecule has 0 saturated carbocycles. The van der Waals surface area contributed by atoms with Crippen molar-refractivity contribution in [2.24, 2.45) is 0 Å². The van der Waals surface area contributed by atoms with Gasteiger partial charge in [0.15, 0.2) is 22.3 Å². The van der Waals surface area contributed by atoms with Crippen LogP contribution in [0.25, 0.3) is 22.3 Å². The van der Waals surface area contributed by atoms with Crippen molar-refractivity contribution in [1.29, 1.82) is 0 Å². The van der Waals surface area contributed by atoms with Crippen LogP contribution in [0.1, 0.15) is 0 Å². The summed E-state index contributed by atoms with van der Waals surface area (Å²) in [6.07, 6.45) is 2.86. The first-order chi connectivity index (χ1) is 11.1. The molecule has 0 aliphatic carbocycles. The average Bonchev–Trinajstić information content (AvgIpc) is 3.09. The lowest BCUT2D eigenvalue weighted by molar-refractivity contribution is 0.402. The van der Waals surface area contributed by atoms with E-state index >= 15 is 0 Å². The van der Waals surface area contributed by atoms with Crippen LogP contribution in [0.3, 0.4) is 0 Å². The van der Waals surface area contributed by atoms with Crippen molar-refractivity contribution < 1.29 is 4.74 Å². The van der Waals surface area contributed by atoms with E-state index in [1.807, 2.05) is 0 Å². The molecule has 0 bridgehead atoms. The fourth-order valence-electron chi connectivity index (χ4n) is 2.25. The fourth-order valence-corrected chi connectivity index (χ4v) is 2.25. The van der Waals surface area contributed by atoms with E-state index in [9.17, 15) is 4.79 Å². The maximum Gasteiger partial charge on any atom is 0.280 e. The van der Waals surface area contributed by atoms with Crippen molar-refractivity contribution in [3.05, 3.63) is 23.0 Å². The zero-order valence-electron chi connectivity index (χ0n) is 11.8. The molecule has 0 aliphatic heterocycles. The molecule has 12 nitrogen and oxygen atoms in total. The largest absolute Gasteiger partial charge is 0.479 e. The Bertz CT molecular complexity index is 1110. The molecule has 0 unspecified atom stereocenters. The van der Waals surface area contributed by atoms with Gasteiger partial charge >= 0.3 is 0 Å². The quantitative estimate of drug-likeness (QED) is 0.409. The summed E-state index contributed by atoms with van der Waals surface area (Å²) in [5.74, 6) is 0.229. The van der Waals surface area contributed by atoms with Crippen molar-refractivity contribution in [3.63, 3.8) is 0 Å². The van der Waals surface area contributed by atoms with E-state index in [0.29, 0.717) is 11.2 Å². The van der Waals surface area contributed by atoms with Crippen LogP contribution in [0, 0.1) is 0 Å². The number of nitrogens with two attached hydrogens (primary N) is 2. The maximum absolute atomic E-state index is 11.9. The number of nitrogen functional groups attached to an aromatic ring is 2. The van der Waals surface area contributed by atoms with E-state index < -0.39 is 5.56 Å². The number of methoxy groups -OCH3 is 1. The SMILES string of the molecule is COc1nc(N)nc2c1ncn2-n1cnc2c(=O)[nH]c(N)nc21. The molecule has 0 spiro atoms. The highest BCUT2D eigenvalue weighted by Gasteiger charge is 2.17. The third-order valence-corrected chi connectivity index (χ3v) is 3.20. The van der Waals surface area contributed by atoms with Crippen molar-refractivity contribution in [1.82, 2.24) is 39.3 Å². The molecule has 0 fully saturated rings. The number of hydrogen-bond donors (Lipinski definition) is 3. The Balaban J connectivity index is 2.07. The molecule has 0 aliphatic rings. The van der Waals surface area contributed by atoms with Crippen LogP contribution in [0.15, 0.2) is 17.4 Å². The maximum atomic E-state index is 11.9. The van der Waals surface area contributed by atoms with Gasteiger partial charge in [-0.05, 0) is 0 Å². The molecule has 0 radical (unpaired) electrons. The topological polar surface area (TPSA) is 168 Å². The lowest BCUT2D eigenvalue weighted by atomic mass is 10.5. The first kappa shape index (κ1) is 13.0. The van der Waals surface area contributed by atoms with Gasteiger partial charge in [0.2, 0.25) is 17.8 Å². The van der Waals surface area contributed by atoms with E-state index in [2.05, 4.69) is 29.9 Å². The summed E-state index contributed by atoms with van der Waals surface area (Å²) in [6, 6.07) is 0. The molecular weight excluding hydrogens is 304 g/mol. The van der Waals surface area contributed by atoms with Gasteiger partial charge in [-0.2, -0.15) is 15.0 Å². The van der Waals surface area contributed by atoms with Crippen molar-refractivity contribution >= 4 is 34.2 Å². The molecule has 4 aromatic rings. The fraction of sp³-hybridized carbons (Fsp3) is 0.0909. The second kappa shape index (κ2) is 4.40. The predicted octanol–water partition coefficient (Wildman–Crippen LogP) is -1.26. The third-order valence-electron chi connectivity index (χ3n) is 3.20. The van der Waals surface area contributed by atoms with Crippen LogP contribution >= 0.6 is 0 Å². The van der Waals surface area contributed by atoms with Crippen LogP contribution in [-0.4, -0.2) is 46.4 Å². The van der Waals surface area contributed by atoms with Crippen LogP contribution in [0.4, 0.5) is 11.9 Å². The van der Waals surface area contributed by atoms with E-state index in [-0.39, 0.29) is 28.9 Å². The Morgan fingerprint density at radius 2 is 1.70 bits per heavy atom. The van der Waals surface area contributed by atoms with Gasteiger partial charge in [0.1, 0.15) is 12.7 Å². The molecule has 0 amide bonds. The molecule has 5 N–H and O–H groups in total. The number of H-pyrrole nitrogens is 1. The molecular formula is C11H10N10O2. The minimum Gasteiger partial charge on any atom is -0.479 e. The number of aromatic nitrogens is 8. The average molecular weight is 314 g/mol. The molecule has 4 rings (SSSR count). The van der Waals surface area contributed by atoms with Gasteiger partial charge in [0.05, 0.1) is 7.11 Å². The number of anilines is 2. The van der Waals surface area contributed by atoms with Gasteiger partial charge in [-0.1, -0.05) is 0 Å². The number of nitrogens with zero attached hydrogens (tertiary/aromatic N) is 7. The summed E-state index contributed by atoms with van der Waals surface area (Å²) in [5, 5.41) is 0. The first-order valence-corrected chi connectivity index (χ1v) is 6.36. The first-order valence-electron chi connectivity index (χ1n) is 6.36. The Labute approximate surface area is 126 Å². The number of fused-ring (bicyclic) bond motifs is 2. The van der Waals surface area contributed by atoms with E-state index in [1.165, 1.54) is 29.1 Å². The van der Waals surface area contributed by atoms with Crippen LogP contribution in [-0.2, 0) is 0 Å². The standard InChI is InChI=1S/C11H10N10O2/c1-23-9-5-7(17-11(13)19-9)21(3-15-5)20-2-14-4-6(20)16-10(12)18-8(4)22/h2-3H,1H3,(H2,13,17,19)(H3,12,16,18,22). The van der Waals surface area contributed by atoms with E-state index in [0.717, 1.165) is 0 Å². The Morgan fingerprint density at radius 3 is 2.39 bits per heavy atom. The molecule has 0 saturated heterocycles. The van der Waals surface area contributed by atoms with Crippen molar-refractivity contribution in [3.8, 4) is 5.88 Å². The number of rotatable bonds is 2. The summed E-state index contributed by atoms with van der Waals surface area (Å²) in [5.41, 5.74) is 12.0. The van der Waals surface area contributed by atoms with E-state index in [4.69, 9.17) is 16.2 Å². The summed E-state index contributed by atoms with van der Waals surface area (Å²) >= 11 is 0. The zero-order chi connectivity index (χ0) is 16.1. The van der Waals surface area contributed by atoms with Crippen molar-refractivity contribution in [2.45, 2.75) is 0 Å². The summed E-state index contributed by atoms with van der Waals surface area (Å²) in [4.78, 5) is 34.7. The zero-order valence-corrected chi connectivity index (χ0v) is 11.8. The van der Waals surface area contributed by atoms with E-state index in [1.54, 1.807) is 0 Å². The molecule has 12 heteroatoms. The molecule has 116 valence electrons. The van der Waals surface area contributed by atoms with Gasteiger partial charge in [0, 0.05) is 0 Å². The number of ether oxygens (including phenoxy) is 1. The van der Waals surface area contributed by atoms with Crippen LogP contribution < -0.4 is 21.8 Å². The lowest BCUT2D eigenvalue weighted by Crippen LogP contribution is -2.14. The molecule has 0 aromatic carbocycles. The highest BCUT2D eigenvalue weighted by atomic mass is 16.5. The number of nitrogens with one attached hydrogen (secondary N) is 1. The van der Waals surface area contributed by atoms with Crippen LogP contribution in [0.2, 0.25) is 0 Å². The molecule has 4 aromatic heterocycles. The van der Waals surface area contributed by atoms with Gasteiger partial charge in [-0.25, -0.2) is 19.3 Å². The Morgan fingerprint density at radius 1 is 1.04 bits per heavy atom. The number of hydrogen-bond acceptors (Lipinski definition) is 9. The van der Waals surface area contributed by atoms with Gasteiger partial charge in [-0.3, -0.25) is 9.78 Å². The minimum atomic E-state index is -0.442. The Hall–Kier alpha value is -3.70.